The standard InChI is InChI=1S/C14H31NO2S3/c1-13(2,3)10-9-12(11-19(7)16)15(14(4,5)6)20(8,17)18/h12H,9-11H2,1-8H3. The Hall–Kier alpha value is 0.640. The lowest BCUT2D eigenvalue weighted by Crippen LogP contribution is -2.53. The molecule has 0 radical (unpaired) electrons. The first-order valence-electron chi connectivity index (χ1n) is 6.94. The van der Waals surface area contributed by atoms with Crippen molar-refractivity contribution in [3.05, 3.63) is 0 Å². The Balaban J connectivity index is 5.34. The lowest BCUT2D eigenvalue weighted by molar-refractivity contribution is 0.188. The van der Waals surface area contributed by atoms with E-state index in [0.29, 0.717) is 5.75 Å². The van der Waals surface area contributed by atoms with Crippen LogP contribution < -0.4 is 0 Å². The van der Waals surface area contributed by atoms with Crippen molar-refractivity contribution in [1.82, 2.24) is 4.31 Å². The lowest BCUT2D eigenvalue weighted by Gasteiger charge is -2.41. The molecule has 6 heteroatoms. The third kappa shape index (κ3) is 8.17. The molecule has 3 unspecified atom stereocenters. The van der Waals surface area contributed by atoms with Crippen LogP contribution in [0.3, 0.4) is 0 Å². The SMILES string of the molecule is C[S+]([O-])CC(CCC(C)(C)C)N(C(C)(C)C)S(C)(=O)=S. The van der Waals surface area contributed by atoms with Crippen molar-refractivity contribution < 1.29 is 8.76 Å². The van der Waals surface area contributed by atoms with Crippen molar-refractivity contribution in [2.24, 2.45) is 5.41 Å². The third-order valence-electron chi connectivity index (χ3n) is 3.00. The van der Waals surface area contributed by atoms with Crippen LogP contribution in [0.25, 0.3) is 0 Å². The average molecular weight is 342 g/mol. The van der Waals surface area contributed by atoms with E-state index in [1.807, 2.05) is 25.1 Å². The molecule has 0 aliphatic heterocycles. The highest BCUT2D eigenvalue weighted by Crippen LogP contribution is 2.29. The number of hydrogen-bond donors (Lipinski definition) is 0. The maximum absolute atomic E-state index is 12.5. The van der Waals surface area contributed by atoms with Crippen molar-refractivity contribution >= 4 is 31.0 Å². The van der Waals surface area contributed by atoms with Gasteiger partial charge in [0.1, 0.15) is 5.75 Å². The molecule has 0 spiro atoms. The summed E-state index contributed by atoms with van der Waals surface area (Å²) in [5.41, 5.74) is -0.0946. The molecule has 0 aromatic heterocycles. The molecule has 0 N–H and O–H groups in total. The van der Waals surface area contributed by atoms with E-state index in [9.17, 15) is 8.76 Å². The fourth-order valence-electron chi connectivity index (χ4n) is 2.45. The second kappa shape index (κ2) is 7.27. The van der Waals surface area contributed by atoms with E-state index in [0.717, 1.165) is 12.8 Å². The lowest BCUT2D eigenvalue weighted by atomic mass is 9.88. The predicted molar refractivity (Wildman–Crippen MR) is 94.4 cm³/mol. The van der Waals surface area contributed by atoms with Gasteiger partial charge in [-0.3, -0.25) is 0 Å². The van der Waals surface area contributed by atoms with Crippen molar-refractivity contribution in [3.8, 4) is 0 Å². The van der Waals surface area contributed by atoms with E-state index < -0.39 is 19.9 Å². The highest BCUT2D eigenvalue weighted by atomic mass is 32.8. The van der Waals surface area contributed by atoms with Gasteiger partial charge in [-0.1, -0.05) is 31.9 Å². The van der Waals surface area contributed by atoms with Crippen LogP contribution in [0.2, 0.25) is 0 Å². The Bertz CT molecular complexity index is 392. The molecule has 0 fully saturated rings. The molecule has 0 aromatic carbocycles. The first-order valence-corrected chi connectivity index (χ1v) is 11.5. The summed E-state index contributed by atoms with van der Waals surface area (Å²) in [7, 11) is -2.50. The van der Waals surface area contributed by atoms with Gasteiger partial charge in [-0.25, -0.2) is 8.51 Å². The summed E-state index contributed by atoms with van der Waals surface area (Å²) in [5, 5.41) is 0. The van der Waals surface area contributed by atoms with Crippen LogP contribution in [-0.2, 0) is 31.0 Å². The number of rotatable bonds is 6. The van der Waals surface area contributed by atoms with Crippen molar-refractivity contribution in [2.45, 2.75) is 66.0 Å². The average Bonchev–Trinajstić information content (AvgIpc) is 2.06. The molecular weight excluding hydrogens is 310 g/mol. The molecule has 20 heavy (non-hydrogen) atoms. The molecule has 0 aliphatic carbocycles. The van der Waals surface area contributed by atoms with Gasteiger partial charge in [-0.15, -0.1) is 0 Å². The molecule has 122 valence electrons. The van der Waals surface area contributed by atoms with Gasteiger partial charge in [0.05, 0.1) is 21.0 Å². The zero-order valence-corrected chi connectivity index (χ0v) is 16.6. The summed E-state index contributed by atoms with van der Waals surface area (Å²) in [4.78, 5) is 0. The molecule has 0 rings (SSSR count). The minimum absolute atomic E-state index is 0.00458. The minimum atomic E-state index is -2.50. The molecule has 3 atom stereocenters. The topological polar surface area (TPSA) is 43.4 Å². The van der Waals surface area contributed by atoms with E-state index in [1.54, 1.807) is 12.5 Å². The van der Waals surface area contributed by atoms with Crippen LogP contribution in [0.1, 0.15) is 54.4 Å². The molecule has 0 saturated heterocycles. The largest absolute Gasteiger partial charge is 0.617 e. The zero-order chi connectivity index (χ0) is 16.4. The van der Waals surface area contributed by atoms with Crippen molar-refractivity contribution in [3.63, 3.8) is 0 Å². The zero-order valence-electron chi connectivity index (χ0n) is 14.2. The van der Waals surface area contributed by atoms with Gasteiger partial charge in [0.2, 0.25) is 0 Å². The summed E-state index contributed by atoms with van der Waals surface area (Å²) >= 11 is 4.32. The predicted octanol–water partition coefficient (Wildman–Crippen LogP) is 2.95. The molecular formula is C14H31NO2S3. The number of hydrogen-bond acceptors (Lipinski definition) is 3. The second-order valence-corrected chi connectivity index (χ2v) is 12.9. The maximum atomic E-state index is 12.5. The Morgan fingerprint density at radius 3 is 1.95 bits per heavy atom. The van der Waals surface area contributed by atoms with Gasteiger partial charge in [0.15, 0.2) is 0 Å². The Kier molecular flexibility index (Phi) is 7.50. The molecule has 0 heterocycles. The van der Waals surface area contributed by atoms with Crippen LogP contribution in [0.4, 0.5) is 0 Å². The minimum Gasteiger partial charge on any atom is -0.617 e. The Morgan fingerprint density at radius 1 is 1.25 bits per heavy atom. The smallest absolute Gasteiger partial charge is 0.121 e. The second-order valence-electron chi connectivity index (χ2n) is 7.72. The molecule has 0 bridgehead atoms. The highest BCUT2D eigenvalue weighted by molar-refractivity contribution is 8.31. The number of nitrogens with zero attached hydrogens (tertiary/aromatic N) is 1. The monoisotopic (exact) mass is 341 g/mol. The van der Waals surface area contributed by atoms with E-state index in [-0.39, 0.29) is 17.0 Å². The molecule has 0 aromatic rings. The quantitative estimate of drug-likeness (QED) is 0.698. The molecule has 0 saturated carbocycles. The van der Waals surface area contributed by atoms with E-state index >= 15 is 0 Å². The van der Waals surface area contributed by atoms with Crippen LogP contribution in [0.15, 0.2) is 0 Å². The van der Waals surface area contributed by atoms with Gasteiger partial charge in [-0.05, 0) is 50.2 Å². The summed E-state index contributed by atoms with van der Waals surface area (Å²) in [6.45, 7) is 12.6. The van der Waals surface area contributed by atoms with Gasteiger partial charge in [0.25, 0.3) is 0 Å². The van der Waals surface area contributed by atoms with Crippen LogP contribution in [0, 0.1) is 5.41 Å². The first kappa shape index (κ1) is 20.6. The van der Waals surface area contributed by atoms with Gasteiger partial charge < -0.3 is 4.55 Å². The molecule has 0 amide bonds. The highest BCUT2D eigenvalue weighted by Gasteiger charge is 2.36. The first-order chi connectivity index (χ1) is 8.64. The van der Waals surface area contributed by atoms with E-state index in [4.69, 9.17) is 11.2 Å². The van der Waals surface area contributed by atoms with Gasteiger partial charge >= 0.3 is 0 Å². The Labute approximate surface area is 133 Å². The van der Waals surface area contributed by atoms with Gasteiger partial charge in [0, 0.05) is 11.8 Å². The van der Waals surface area contributed by atoms with Crippen molar-refractivity contribution in [2.75, 3.05) is 18.3 Å². The Morgan fingerprint density at radius 2 is 1.70 bits per heavy atom. The van der Waals surface area contributed by atoms with Crippen LogP contribution >= 0.6 is 0 Å². The van der Waals surface area contributed by atoms with Gasteiger partial charge in [-0.2, -0.15) is 0 Å². The van der Waals surface area contributed by atoms with E-state index in [2.05, 4.69) is 20.8 Å². The van der Waals surface area contributed by atoms with Crippen LogP contribution in [0.5, 0.6) is 0 Å². The van der Waals surface area contributed by atoms with E-state index in [1.165, 1.54) is 0 Å². The summed E-state index contributed by atoms with van der Waals surface area (Å²) in [5.74, 6) is 0.523. The molecule has 3 nitrogen and oxygen atoms in total. The van der Waals surface area contributed by atoms with Crippen LogP contribution in [-0.4, -0.2) is 42.9 Å². The maximum Gasteiger partial charge on any atom is 0.121 e. The molecule has 0 aliphatic rings. The fourth-order valence-corrected chi connectivity index (χ4v) is 6.16. The summed E-state index contributed by atoms with van der Waals surface area (Å²) in [6.07, 6.45) is 5.16. The normalized spacial score (nSPS) is 19.7. The summed E-state index contributed by atoms with van der Waals surface area (Å²) in [6, 6.07) is -0.00458. The summed E-state index contributed by atoms with van der Waals surface area (Å²) < 4.78 is 26.1. The third-order valence-corrected chi connectivity index (χ3v) is 5.90. The van der Waals surface area contributed by atoms with Crippen molar-refractivity contribution in [1.29, 1.82) is 0 Å². The fraction of sp³-hybridized carbons (Fsp3) is 1.00.